The highest BCUT2D eigenvalue weighted by atomic mass is 16.5. The predicted molar refractivity (Wildman–Crippen MR) is 67.7 cm³/mol. The van der Waals surface area contributed by atoms with E-state index in [1.807, 2.05) is 29.8 Å². The van der Waals surface area contributed by atoms with Crippen LogP contribution < -0.4 is 5.73 Å². The van der Waals surface area contributed by atoms with E-state index in [-0.39, 0.29) is 6.23 Å². The summed E-state index contributed by atoms with van der Waals surface area (Å²) >= 11 is 0. The van der Waals surface area contributed by atoms with Crippen molar-refractivity contribution in [2.45, 2.75) is 32.4 Å². The molecule has 0 amide bonds. The molecule has 0 spiro atoms. The summed E-state index contributed by atoms with van der Waals surface area (Å²) in [5.41, 5.74) is 8.74. The standard InChI is InChI=1S/C13H17N3O/c1-9-11-6-5-10(14)8-12(11)16(15-9)13-4-2-3-7-17-13/h5-6,8,13H,2-4,7,14H2,1H3/t13-/m0/s1. The molecule has 4 heteroatoms. The van der Waals surface area contributed by atoms with Gasteiger partial charge in [-0.15, -0.1) is 0 Å². The number of nitrogen functional groups attached to an aromatic ring is 1. The predicted octanol–water partition coefficient (Wildman–Crippen LogP) is 2.63. The zero-order valence-corrected chi connectivity index (χ0v) is 10.0. The molecule has 2 N–H and O–H groups in total. The van der Waals surface area contributed by atoms with Crippen molar-refractivity contribution in [2.75, 3.05) is 12.3 Å². The van der Waals surface area contributed by atoms with Crippen molar-refractivity contribution in [3.63, 3.8) is 0 Å². The smallest absolute Gasteiger partial charge is 0.150 e. The van der Waals surface area contributed by atoms with E-state index in [2.05, 4.69) is 5.10 Å². The van der Waals surface area contributed by atoms with Crippen LogP contribution in [0.3, 0.4) is 0 Å². The minimum Gasteiger partial charge on any atom is -0.399 e. The average molecular weight is 231 g/mol. The highest BCUT2D eigenvalue weighted by Gasteiger charge is 2.19. The van der Waals surface area contributed by atoms with Gasteiger partial charge in [0.25, 0.3) is 0 Å². The summed E-state index contributed by atoms with van der Waals surface area (Å²) < 4.78 is 7.77. The van der Waals surface area contributed by atoms with Crippen molar-refractivity contribution in [3.8, 4) is 0 Å². The lowest BCUT2D eigenvalue weighted by Crippen LogP contribution is -2.19. The summed E-state index contributed by atoms with van der Waals surface area (Å²) in [6.45, 7) is 2.85. The Kier molecular flexibility index (Phi) is 2.52. The van der Waals surface area contributed by atoms with E-state index in [0.29, 0.717) is 0 Å². The Labute approximate surface area is 100 Å². The molecule has 0 unspecified atom stereocenters. The molecule has 0 aliphatic carbocycles. The van der Waals surface area contributed by atoms with Gasteiger partial charge in [-0.2, -0.15) is 5.10 Å². The first-order chi connectivity index (χ1) is 8.25. The van der Waals surface area contributed by atoms with Crippen molar-refractivity contribution in [1.29, 1.82) is 0 Å². The molecule has 2 heterocycles. The number of anilines is 1. The Morgan fingerprint density at radius 2 is 2.29 bits per heavy atom. The maximum absolute atomic E-state index is 5.85. The Balaban J connectivity index is 2.11. The number of benzene rings is 1. The molecule has 1 atom stereocenters. The number of ether oxygens (including phenoxy) is 1. The van der Waals surface area contributed by atoms with Gasteiger partial charge in [-0.05, 0) is 44.4 Å². The third-order valence-electron chi connectivity index (χ3n) is 3.34. The molecule has 1 aliphatic heterocycles. The average Bonchev–Trinajstić information content (AvgIpc) is 2.67. The summed E-state index contributed by atoms with van der Waals surface area (Å²) in [5, 5.41) is 5.75. The number of nitrogens with two attached hydrogens (primary N) is 1. The first-order valence-corrected chi connectivity index (χ1v) is 6.11. The summed E-state index contributed by atoms with van der Waals surface area (Å²) in [7, 11) is 0. The van der Waals surface area contributed by atoms with Crippen LogP contribution in [-0.2, 0) is 4.74 Å². The van der Waals surface area contributed by atoms with E-state index in [1.54, 1.807) is 0 Å². The van der Waals surface area contributed by atoms with Gasteiger partial charge in [0, 0.05) is 17.7 Å². The normalized spacial score (nSPS) is 20.9. The Bertz CT molecular complexity index is 541. The van der Waals surface area contributed by atoms with Gasteiger partial charge in [0.1, 0.15) is 0 Å². The molecule has 17 heavy (non-hydrogen) atoms. The number of rotatable bonds is 1. The van der Waals surface area contributed by atoms with Crippen LogP contribution in [0.15, 0.2) is 18.2 Å². The molecule has 1 aliphatic rings. The highest BCUT2D eigenvalue weighted by molar-refractivity contribution is 5.84. The number of aryl methyl sites for hydroxylation is 1. The molecular weight excluding hydrogens is 214 g/mol. The first-order valence-electron chi connectivity index (χ1n) is 6.11. The minimum atomic E-state index is 0.0711. The minimum absolute atomic E-state index is 0.0711. The first kappa shape index (κ1) is 10.6. The van der Waals surface area contributed by atoms with Gasteiger partial charge in [-0.1, -0.05) is 0 Å². The molecule has 1 fully saturated rings. The molecule has 3 rings (SSSR count). The maximum atomic E-state index is 5.85. The zero-order chi connectivity index (χ0) is 11.8. The van der Waals surface area contributed by atoms with Crippen LogP contribution in [-0.4, -0.2) is 16.4 Å². The number of nitrogens with zero attached hydrogens (tertiary/aromatic N) is 2. The Hall–Kier alpha value is -1.55. The summed E-state index contributed by atoms with van der Waals surface area (Å²) in [5.74, 6) is 0. The topological polar surface area (TPSA) is 53.1 Å². The van der Waals surface area contributed by atoms with Crippen molar-refractivity contribution in [3.05, 3.63) is 23.9 Å². The summed E-state index contributed by atoms with van der Waals surface area (Å²) in [4.78, 5) is 0. The lowest BCUT2D eigenvalue weighted by atomic mass is 10.1. The zero-order valence-electron chi connectivity index (χ0n) is 10.0. The second kappa shape index (κ2) is 4.04. The number of hydrogen-bond acceptors (Lipinski definition) is 3. The van der Waals surface area contributed by atoms with Gasteiger partial charge in [0.15, 0.2) is 6.23 Å². The van der Waals surface area contributed by atoms with Crippen molar-refractivity contribution in [1.82, 2.24) is 9.78 Å². The van der Waals surface area contributed by atoms with Gasteiger partial charge in [-0.25, -0.2) is 4.68 Å². The number of aromatic nitrogens is 2. The quantitative estimate of drug-likeness (QED) is 0.767. The van der Waals surface area contributed by atoms with Crippen LogP contribution in [0.4, 0.5) is 5.69 Å². The second-order valence-electron chi connectivity index (χ2n) is 4.63. The largest absolute Gasteiger partial charge is 0.399 e. The van der Waals surface area contributed by atoms with Crippen LogP contribution in [0.25, 0.3) is 10.9 Å². The van der Waals surface area contributed by atoms with E-state index in [0.717, 1.165) is 41.7 Å². The molecule has 1 aromatic heterocycles. The SMILES string of the molecule is Cc1nn([C@@H]2CCCCO2)c2cc(N)ccc12. The van der Waals surface area contributed by atoms with Gasteiger partial charge in [0.05, 0.1) is 11.2 Å². The van der Waals surface area contributed by atoms with Crippen molar-refractivity contribution >= 4 is 16.6 Å². The van der Waals surface area contributed by atoms with Gasteiger partial charge < -0.3 is 10.5 Å². The summed E-state index contributed by atoms with van der Waals surface area (Å²) in [6.07, 6.45) is 3.46. The van der Waals surface area contributed by atoms with Crippen LogP contribution >= 0.6 is 0 Å². The number of fused-ring (bicyclic) bond motifs is 1. The van der Waals surface area contributed by atoms with Gasteiger partial charge in [-0.3, -0.25) is 0 Å². The monoisotopic (exact) mass is 231 g/mol. The Morgan fingerprint density at radius 3 is 3.06 bits per heavy atom. The lowest BCUT2D eigenvalue weighted by molar-refractivity contribution is -0.0368. The van der Waals surface area contributed by atoms with Gasteiger partial charge in [0.2, 0.25) is 0 Å². The highest BCUT2D eigenvalue weighted by Crippen LogP contribution is 2.28. The maximum Gasteiger partial charge on any atom is 0.150 e. The van der Waals surface area contributed by atoms with Crippen molar-refractivity contribution in [2.24, 2.45) is 0 Å². The fourth-order valence-electron chi connectivity index (χ4n) is 2.45. The third-order valence-corrected chi connectivity index (χ3v) is 3.34. The van der Waals surface area contributed by atoms with Crippen LogP contribution in [0.1, 0.15) is 31.2 Å². The molecule has 90 valence electrons. The molecular formula is C13H17N3O. The fourth-order valence-corrected chi connectivity index (χ4v) is 2.45. The molecule has 1 aromatic carbocycles. The number of hydrogen-bond donors (Lipinski definition) is 1. The Morgan fingerprint density at radius 1 is 1.41 bits per heavy atom. The molecule has 0 radical (unpaired) electrons. The van der Waals surface area contributed by atoms with E-state index in [9.17, 15) is 0 Å². The van der Waals surface area contributed by atoms with E-state index < -0.39 is 0 Å². The second-order valence-corrected chi connectivity index (χ2v) is 4.63. The van der Waals surface area contributed by atoms with Gasteiger partial charge >= 0.3 is 0 Å². The molecule has 0 saturated carbocycles. The van der Waals surface area contributed by atoms with Crippen LogP contribution in [0, 0.1) is 6.92 Å². The molecule has 0 bridgehead atoms. The van der Waals surface area contributed by atoms with E-state index >= 15 is 0 Å². The van der Waals surface area contributed by atoms with E-state index in [4.69, 9.17) is 10.5 Å². The third kappa shape index (κ3) is 1.78. The molecule has 1 saturated heterocycles. The van der Waals surface area contributed by atoms with Crippen molar-refractivity contribution < 1.29 is 4.74 Å². The van der Waals surface area contributed by atoms with Crippen LogP contribution in [0.2, 0.25) is 0 Å². The van der Waals surface area contributed by atoms with Crippen LogP contribution in [0.5, 0.6) is 0 Å². The fraction of sp³-hybridized carbons (Fsp3) is 0.462. The molecule has 2 aromatic rings. The van der Waals surface area contributed by atoms with E-state index in [1.165, 1.54) is 6.42 Å². The molecule has 4 nitrogen and oxygen atoms in total. The summed E-state index contributed by atoms with van der Waals surface area (Å²) in [6, 6.07) is 5.93. The lowest BCUT2D eigenvalue weighted by Gasteiger charge is -2.23.